The molecule has 0 N–H and O–H groups in total. The summed E-state index contributed by atoms with van der Waals surface area (Å²) < 4.78 is 38.4. The molecule has 0 amide bonds. The van der Waals surface area contributed by atoms with E-state index in [1.165, 1.54) is 12.1 Å². The van der Waals surface area contributed by atoms with Crippen LogP contribution < -0.4 is 5.46 Å². The lowest BCUT2D eigenvalue weighted by atomic mass is 9.78. The maximum absolute atomic E-state index is 13.3. The van der Waals surface area contributed by atoms with Gasteiger partial charge in [0.15, 0.2) is 0 Å². The molecule has 2 nitrogen and oxygen atoms in total. The van der Waals surface area contributed by atoms with E-state index in [0.717, 1.165) is 6.92 Å². The lowest BCUT2D eigenvalue weighted by molar-refractivity contribution is 0.00578. The van der Waals surface area contributed by atoms with Crippen molar-refractivity contribution in [1.82, 2.24) is 0 Å². The lowest BCUT2D eigenvalue weighted by Crippen LogP contribution is -2.41. The summed E-state index contributed by atoms with van der Waals surface area (Å²) in [5.74, 6) is -2.86. The van der Waals surface area contributed by atoms with E-state index in [0.29, 0.717) is 5.46 Å². The third kappa shape index (κ3) is 2.67. The zero-order valence-corrected chi connectivity index (χ0v) is 12.0. The second-order valence-corrected chi connectivity index (χ2v) is 6.10. The summed E-state index contributed by atoms with van der Waals surface area (Å²) in [6.45, 7) is 8.63. The van der Waals surface area contributed by atoms with Crippen LogP contribution >= 0.6 is 0 Å². The molecule has 0 spiro atoms. The highest BCUT2D eigenvalue weighted by Crippen LogP contribution is 2.36. The van der Waals surface area contributed by atoms with Crippen LogP contribution in [0, 0.1) is 0 Å². The van der Waals surface area contributed by atoms with E-state index in [4.69, 9.17) is 9.31 Å². The Kier molecular flexibility index (Phi) is 3.26. The Morgan fingerprint density at radius 3 is 2.05 bits per heavy atom. The number of rotatable bonds is 2. The van der Waals surface area contributed by atoms with Gasteiger partial charge >= 0.3 is 7.12 Å². The van der Waals surface area contributed by atoms with E-state index in [1.807, 2.05) is 27.7 Å². The summed E-state index contributed by atoms with van der Waals surface area (Å²) in [7, 11) is -0.604. The van der Waals surface area contributed by atoms with Crippen LogP contribution in [0.5, 0.6) is 0 Å². The first-order chi connectivity index (χ1) is 8.53. The molecule has 1 aromatic rings. The van der Waals surface area contributed by atoms with Gasteiger partial charge in [-0.1, -0.05) is 24.3 Å². The monoisotopic (exact) mass is 268 g/mol. The number of hydrogen-bond donors (Lipinski definition) is 0. The molecule has 104 valence electrons. The lowest BCUT2D eigenvalue weighted by Gasteiger charge is -2.32. The van der Waals surface area contributed by atoms with Crippen LogP contribution in [0.15, 0.2) is 24.3 Å². The smallest absolute Gasteiger partial charge is 0.399 e. The Morgan fingerprint density at radius 2 is 1.58 bits per heavy atom. The fourth-order valence-corrected chi connectivity index (χ4v) is 1.94. The number of benzene rings is 1. The molecule has 0 saturated carbocycles. The summed E-state index contributed by atoms with van der Waals surface area (Å²) in [5, 5.41) is 0. The normalized spacial score (nSPS) is 21.7. The zero-order valence-electron chi connectivity index (χ0n) is 12.0. The van der Waals surface area contributed by atoms with E-state index in [1.54, 1.807) is 12.1 Å². The highest BCUT2D eigenvalue weighted by Gasteiger charge is 2.51. The van der Waals surface area contributed by atoms with Gasteiger partial charge in [-0.3, -0.25) is 0 Å². The van der Waals surface area contributed by atoms with Crippen molar-refractivity contribution in [3.8, 4) is 0 Å². The van der Waals surface area contributed by atoms with Gasteiger partial charge in [0.25, 0.3) is 5.92 Å². The maximum atomic E-state index is 13.3. The number of alkyl halides is 2. The topological polar surface area (TPSA) is 18.5 Å². The van der Waals surface area contributed by atoms with Crippen molar-refractivity contribution in [3.05, 3.63) is 29.8 Å². The van der Waals surface area contributed by atoms with Crippen LogP contribution in [0.1, 0.15) is 40.2 Å². The first-order valence-electron chi connectivity index (χ1n) is 6.37. The highest BCUT2D eigenvalue weighted by molar-refractivity contribution is 6.62. The number of halogens is 2. The van der Waals surface area contributed by atoms with Crippen molar-refractivity contribution < 1.29 is 18.1 Å². The van der Waals surface area contributed by atoms with Crippen molar-refractivity contribution in [2.75, 3.05) is 0 Å². The van der Waals surface area contributed by atoms with Crippen LogP contribution in [-0.4, -0.2) is 18.3 Å². The molecule has 1 fully saturated rings. The van der Waals surface area contributed by atoms with Gasteiger partial charge in [0.05, 0.1) is 11.2 Å². The Bertz CT molecular complexity index is 465. The van der Waals surface area contributed by atoms with Crippen LogP contribution in [0.4, 0.5) is 8.78 Å². The van der Waals surface area contributed by atoms with Crippen LogP contribution in [-0.2, 0) is 15.2 Å². The standard InChI is InChI=1S/C14H19BF2O2/c1-12(2)13(3,4)19-15(18-12)11-8-6-7-10(9-11)14(5,16)17/h6-9H,1-5H3. The van der Waals surface area contributed by atoms with Crippen molar-refractivity contribution in [1.29, 1.82) is 0 Å². The van der Waals surface area contributed by atoms with Gasteiger partial charge in [-0.15, -0.1) is 0 Å². The minimum absolute atomic E-state index is 0.0280. The Labute approximate surface area is 113 Å². The second kappa shape index (κ2) is 4.28. The van der Waals surface area contributed by atoms with Crippen LogP contribution in [0.2, 0.25) is 0 Å². The molecule has 0 aromatic heterocycles. The summed E-state index contributed by atoms with van der Waals surface area (Å²) in [6, 6.07) is 6.21. The van der Waals surface area contributed by atoms with Gasteiger partial charge in [-0.25, -0.2) is 8.78 Å². The summed E-state index contributed by atoms with van der Waals surface area (Å²) in [5.41, 5.74) is -0.345. The van der Waals surface area contributed by atoms with Gasteiger partial charge < -0.3 is 9.31 Å². The third-order valence-corrected chi connectivity index (χ3v) is 3.92. The van der Waals surface area contributed by atoms with Gasteiger partial charge in [0, 0.05) is 12.5 Å². The van der Waals surface area contributed by atoms with Gasteiger partial charge in [0.2, 0.25) is 0 Å². The molecular weight excluding hydrogens is 249 g/mol. The van der Waals surface area contributed by atoms with Crippen molar-refractivity contribution >= 4 is 12.6 Å². The molecular formula is C14H19BF2O2. The molecule has 1 saturated heterocycles. The summed E-state index contributed by atoms with van der Waals surface area (Å²) in [4.78, 5) is 0. The fraction of sp³-hybridized carbons (Fsp3) is 0.571. The largest absolute Gasteiger partial charge is 0.494 e. The van der Waals surface area contributed by atoms with Crippen molar-refractivity contribution in [3.63, 3.8) is 0 Å². The minimum atomic E-state index is -2.86. The average molecular weight is 268 g/mol. The zero-order chi connectivity index (χ0) is 14.5. The van der Waals surface area contributed by atoms with Gasteiger partial charge in [-0.2, -0.15) is 0 Å². The predicted octanol–water partition coefficient (Wildman–Crippen LogP) is 3.10. The summed E-state index contributed by atoms with van der Waals surface area (Å²) >= 11 is 0. The van der Waals surface area contributed by atoms with Gasteiger partial charge in [-0.05, 0) is 33.2 Å². The van der Waals surface area contributed by atoms with Crippen molar-refractivity contribution in [2.45, 2.75) is 51.7 Å². The molecule has 0 radical (unpaired) electrons. The Balaban J connectivity index is 2.30. The molecule has 1 aliphatic rings. The molecule has 0 unspecified atom stereocenters. The number of hydrogen-bond acceptors (Lipinski definition) is 2. The van der Waals surface area contributed by atoms with E-state index < -0.39 is 24.2 Å². The Hall–Kier alpha value is -0.935. The molecule has 1 heterocycles. The molecule has 19 heavy (non-hydrogen) atoms. The molecule has 1 aromatic carbocycles. The van der Waals surface area contributed by atoms with Crippen LogP contribution in [0.25, 0.3) is 0 Å². The molecule has 1 aliphatic heterocycles. The predicted molar refractivity (Wildman–Crippen MR) is 71.7 cm³/mol. The minimum Gasteiger partial charge on any atom is -0.399 e. The molecule has 5 heteroatoms. The van der Waals surface area contributed by atoms with E-state index >= 15 is 0 Å². The SMILES string of the molecule is CC(F)(F)c1cccc(B2OC(C)(C)C(C)(C)O2)c1. The van der Waals surface area contributed by atoms with E-state index in [-0.39, 0.29) is 5.56 Å². The van der Waals surface area contributed by atoms with E-state index in [2.05, 4.69) is 0 Å². The highest BCUT2D eigenvalue weighted by atomic mass is 19.3. The van der Waals surface area contributed by atoms with Crippen molar-refractivity contribution in [2.24, 2.45) is 0 Å². The Morgan fingerprint density at radius 1 is 1.05 bits per heavy atom. The molecule has 0 bridgehead atoms. The first kappa shape index (κ1) is 14.5. The molecule has 0 aliphatic carbocycles. The quantitative estimate of drug-likeness (QED) is 0.767. The van der Waals surface area contributed by atoms with Gasteiger partial charge in [0.1, 0.15) is 0 Å². The first-order valence-corrected chi connectivity index (χ1v) is 6.37. The maximum Gasteiger partial charge on any atom is 0.494 e. The van der Waals surface area contributed by atoms with E-state index in [9.17, 15) is 8.78 Å². The second-order valence-electron chi connectivity index (χ2n) is 6.10. The fourth-order valence-electron chi connectivity index (χ4n) is 1.94. The van der Waals surface area contributed by atoms with Crippen LogP contribution in [0.3, 0.4) is 0 Å². The molecule has 0 atom stereocenters. The summed E-state index contributed by atoms with van der Waals surface area (Å²) in [6.07, 6.45) is 0. The average Bonchev–Trinajstić information content (AvgIpc) is 2.47. The third-order valence-electron chi connectivity index (χ3n) is 3.92. The molecule has 2 rings (SSSR count).